The van der Waals surface area contributed by atoms with Crippen LogP contribution in [0.5, 0.6) is 0 Å². The predicted octanol–water partition coefficient (Wildman–Crippen LogP) is 1.56. The van der Waals surface area contributed by atoms with Gasteiger partial charge in [-0.25, -0.2) is 13.1 Å². The molecule has 118 valence electrons. The van der Waals surface area contributed by atoms with Gasteiger partial charge in [0.15, 0.2) is 0 Å². The Kier molecular flexibility index (Phi) is 5.75. The summed E-state index contributed by atoms with van der Waals surface area (Å²) in [5, 5.41) is 0. The first-order valence-corrected chi connectivity index (χ1v) is 8.89. The zero-order valence-corrected chi connectivity index (χ0v) is 13.2. The molecule has 0 saturated heterocycles. The van der Waals surface area contributed by atoms with Gasteiger partial charge in [0.2, 0.25) is 10.0 Å². The predicted molar refractivity (Wildman–Crippen MR) is 82.6 cm³/mol. The largest absolute Gasteiger partial charge is 0.377 e. The molecule has 1 fully saturated rings. The van der Waals surface area contributed by atoms with Gasteiger partial charge in [0.1, 0.15) is 0 Å². The van der Waals surface area contributed by atoms with E-state index in [1.807, 2.05) is 6.92 Å². The van der Waals surface area contributed by atoms with Crippen molar-refractivity contribution in [3.63, 3.8) is 0 Å². The number of nitrogens with two attached hydrogens (primary N) is 1. The van der Waals surface area contributed by atoms with E-state index in [-0.39, 0.29) is 11.0 Å². The number of rotatable bonds is 6. The summed E-state index contributed by atoms with van der Waals surface area (Å²) >= 11 is 0. The van der Waals surface area contributed by atoms with Gasteiger partial charge in [-0.1, -0.05) is 17.7 Å². The van der Waals surface area contributed by atoms with E-state index in [2.05, 4.69) is 4.72 Å². The highest BCUT2D eigenvalue weighted by Gasteiger charge is 2.19. The molecule has 1 aromatic rings. The molecule has 0 radical (unpaired) electrons. The molecule has 1 aliphatic carbocycles. The van der Waals surface area contributed by atoms with E-state index < -0.39 is 10.0 Å². The molecule has 1 saturated carbocycles. The fourth-order valence-corrected chi connectivity index (χ4v) is 3.47. The topological polar surface area (TPSA) is 81.4 Å². The zero-order chi connectivity index (χ0) is 15.3. The monoisotopic (exact) mass is 312 g/mol. The minimum absolute atomic E-state index is 0.216. The molecule has 0 heterocycles. The molecule has 1 aliphatic rings. The van der Waals surface area contributed by atoms with Crippen LogP contribution in [0.25, 0.3) is 0 Å². The molecule has 0 spiro atoms. The van der Waals surface area contributed by atoms with Gasteiger partial charge in [-0.15, -0.1) is 0 Å². The Bertz CT molecular complexity index is 535. The Morgan fingerprint density at radius 2 is 1.81 bits per heavy atom. The van der Waals surface area contributed by atoms with Crippen molar-refractivity contribution in [1.29, 1.82) is 0 Å². The molecule has 5 nitrogen and oxygen atoms in total. The maximum absolute atomic E-state index is 12.1. The summed E-state index contributed by atoms with van der Waals surface area (Å²) in [5.74, 6) is 0. The molecule has 0 atom stereocenters. The number of hydrogen-bond donors (Lipinski definition) is 2. The molecule has 0 aromatic heterocycles. The summed E-state index contributed by atoms with van der Waals surface area (Å²) < 4.78 is 32.4. The standard InChI is InChI=1S/C15H24N2O3S/c1-12-2-8-15(9-3-12)21(18,19)17-10-11-20-14-6-4-13(16)5-7-14/h2-3,8-9,13-14,17H,4-7,10-11,16H2,1H3. The summed E-state index contributed by atoms with van der Waals surface area (Å²) in [5.41, 5.74) is 6.87. The van der Waals surface area contributed by atoms with E-state index in [4.69, 9.17) is 10.5 Å². The molecule has 0 aliphatic heterocycles. The Balaban J connectivity index is 1.73. The molecule has 0 bridgehead atoms. The van der Waals surface area contributed by atoms with Crippen molar-refractivity contribution in [3.05, 3.63) is 29.8 Å². The molecular weight excluding hydrogens is 288 g/mol. The van der Waals surface area contributed by atoms with E-state index in [9.17, 15) is 8.42 Å². The van der Waals surface area contributed by atoms with Crippen molar-refractivity contribution < 1.29 is 13.2 Å². The van der Waals surface area contributed by atoms with Gasteiger partial charge in [0.25, 0.3) is 0 Å². The second kappa shape index (κ2) is 7.35. The van der Waals surface area contributed by atoms with Crippen LogP contribution in [-0.4, -0.2) is 33.7 Å². The number of sulfonamides is 1. The highest BCUT2D eigenvalue weighted by atomic mass is 32.2. The Hall–Kier alpha value is -0.950. The molecule has 2 rings (SSSR count). The number of benzene rings is 1. The van der Waals surface area contributed by atoms with Crippen LogP contribution in [0.15, 0.2) is 29.2 Å². The van der Waals surface area contributed by atoms with Gasteiger partial charge in [-0.3, -0.25) is 0 Å². The van der Waals surface area contributed by atoms with Crippen molar-refractivity contribution in [2.75, 3.05) is 13.2 Å². The smallest absolute Gasteiger partial charge is 0.240 e. The van der Waals surface area contributed by atoms with Crippen LogP contribution in [0.3, 0.4) is 0 Å². The number of aryl methyl sites for hydroxylation is 1. The first kappa shape index (κ1) is 16.4. The number of ether oxygens (including phenoxy) is 1. The summed E-state index contributed by atoms with van der Waals surface area (Å²) in [6, 6.07) is 7.10. The summed E-state index contributed by atoms with van der Waals surface area (Å²) in [4.78, 5) is 0.289. The van der Waals surface area contributed by atoms with Crippen LogP contribution < -0.4 is 10.5 Å². The van der Waals surface area contributed by atoms with Crippen molar-refractivity contribution in [3.8, 4) is 0 Å². The highest BCUT2D eigenvalue weighted by Crippen LogP contribution is 2.19. The molecule has 21 heavy (non-hydrogen) atoms. The van der Waals surface area contributed by atoms with E-state index in [0.717, 1.165) is 31.2 Å². The lowest BCUT2D eigenvalue weighted by molar-refractivity contribution is 0.0287. The molecular formula is C15H24N2O3S. The summed E-state index contributed by atoms with van der Waals surface area (Å²) in [7, 11) is -3.44. The van der Waals surface area contributed by atoms with Crippen LogP contribution in [0.2, 0.25) is 0 Å². The molecule has 3 N–H and O–H groups in total. The van der Waals surface area contributed by atoms with Gasteiger partial charge < -0.3 is 10.5 Å². The summed E-state index contributed by atoms with van der Waals surface area (Å²) in [6.07, 6.45) is 4.12. The second-order valence-corrected chi connectivity index (χ2v) is 7.39. The first-order valence-electron chi connectivity index (χ1n) is 7.41. The highest BCUT2D eigenvalue weighted by molar-refractivity contribution is 7.89. The van der Waals surface area contributed by atoms with E-state index >= 15 is 0 Å². The van der Waals surface area contributed by atoms with Crippen LogP contribution in [-0.2, 0) is 14.8 Å². The third-order valence-corrected chi connectivity index (χ3v) is 5.27. The van der Waals surface area contributed by atoms with Crippen LogP contribution in [0.1, 0.15) is 31.2 Å². The first-order chi connectivity index (χ1) is 9.97. The zero-order valence-electron chi connectivity index (χ0n) is 12.4. The van der Waals surface area contributed by atoms with Gasteiger partial charge in [-0.2, -0.15) is 0 Å². The van der Waals surface area contributed by atoms with E-state index in [0.29, 0.717) is 19.2 Å². The van der Waals surface area contributed by atoms with Crippen LogP contribution in [0.4, 0.5) is 0 Å². The third-order valence-electron chi connectivity index (χ3n) is 3.80. The SMILES string of the molecule is Cc1ccc(S(=O)(=O)NCCOC2CCC(N)CC2)cc1. The normalized spacial score (nSPS) is 23.1. The van der Waals surface area contributed by atoms with Crippen LogP contribution >= 0.6 is 0 Å². The fraction of sp³-hybridized carbons (Fsp3) is 0.600. The van der Waals surface area contributed by atoms with Gasteiger partial charge in [-0.05, 0) is 44.7 Å². The average Bonchev–Trinajstić information content (AvgIpc) is 2.46. The lowest BCUT2D eigenvalue weighted by Gasteiger charge is -2.26. The molecule has 0 unspecified atom stereocenters. The van der Waals surface area contributed by atoms with Crippen molar-refractivity contribution in [2.24, 2.45) is 5.73 Å². The van der Waals surface area contributed by atoms with Crippen molar-refractivity contribution in [1.82, 2.24) is 4.72 Å². The number of hydrogen-bond acceptors (Lipinski definition) is 4. The Morgan fingerprint density at radius 1 is 1.19 bits per heavy atom. The quantitative estimate of drug-likeness (QED) is 0.781. The maximum atomic E-state index is 12.1. The van der Waals surface area contributed by atoms with E-state index in [1.165, 1.54) is 0 Å². The average molecular weight is 312 g/mol. The third kappa shape index (κ3) is 5.07. The second-order valence-electron chi connectivity index (χ2n) is 5.62. The minimum atomic E-state index is -3.44. The lowest BCUT2D eigenvalue weighted by Crippen LogP contribution is -2.33. The van der Waals surface area contributed by atoms with E-state index in [1.54, 1.807) is 24.3 Å². The number of nitrogens with one attached hydrogen (secondary N) is 1. The van der Waals surface area contributed by atoms with Gasteiger partial charge in [0.05, 0.1) is 17.6 Å². The maximum Gasteiger partial charge on any atom is 0.240 e. The van der Waals surface area contributed by atoms with Gasteiger partial charge >= 0.3 is 0 Å². The molecule has 0 amide bonds. The Labute approximate surface area is 126 Å². The molecule has 1 aromatic carbocycles. The van der Waals surface area contributed by atoms with Crippen molar-refractivity contribution >= 4 is 10.0 Å². The van der Waals surface area contributed by atoms with Gasteiger partial charge in [0, 0.05) is 12.6 Å². The Morgan fingerprint density at radius 3 is 2.43 bits per heavy atom. The lowest BCUT2D eigenvalue weighted by atomic mass is 9.94. The van der Waals surface area contributed by atoms with Crippen molar-refractivity contribution in [2.45, 2.75) is 49.6 Å². The van der Waals surface area contributed by atoms with Crippen LogP contribution in [0, 0.1) is 6.92 Å². The molecule has 6 heteroatoms. The minimum Gasteiger partial charge on any atom is -0.377 e. The summed E-state index contributed by atoms with van der Waals surface area (Å²) in [6.45, 7) is 2.61. The fourth-order valence-electron chi connectivity index (χ4n) is 2.46.